The van der Waals surface area contributed by atoms with Crippen molar-refractivity contribution in [1.29, 1.82) is 5.26 Å². The van der Waals surface area contributed by atoms with Crippen molar-refractivity contribution in [3.63, 3.8) is 0 Å². The maximum atomic E-state index is 13.0. The van der Waals surface area contributed by atoms with Crippen LogP contribution in [0.4, 0.5) is 0 Å². The average Bonchev–Trinajstić information content (AvgIpc) is 3.51. The lowest BCUT2D eigenvalue weighted by molar-refractivity contribution is 0.0968. The number of nitrogens with one attached hydrogen (secondary N) is 1. The minimum absolute atomic E-state index is 0.0694. The summed E-state index contributed by atoms with van der Waals surface area (Å²) in [5, 5.41) is 13.4. The van der Waals surface area contributed by atoms with Crippen molar-refractivity contribution in [1.82, 2.24) is 4.98 Å². The van der Waals surface area contributed by atoms with Gasteiger partial charge in [0.15, 0.2) is 17.3 Å². The Morgan fingerprint density at radius 2 is 1.89 bits per heavy atom. The average molecular weight is 383 g/mol. The normalized spacial score (nSPS) is 13.2. The Labute approximate surface area is 162 Å². The highest BCUT2D eigenvalue weighted by Gasteiger charge is 2.36. The van der Waals surface area contributed by atoms with E-state index in [2.05, 4.69) is 16.2 Å². The van der Waals surface area contributed by atoms with Crippen LogP contribution >= 0.6 is 0 Å². The zero-order valence-electron chi connectivity index (χ0n) is 16.2. The zero-order chi connectivity index (χ0) is 20.3. The molecule has 1 aromatic heterocycles. The number of H-pyrrole nitrogens is 1. The predicted molar refractivity (Wildman–Crippen MR) is 102 cm³/mol. The number of hydrogen-bond acceptors (Lipinski definition) is 7. The number of oxime groups is 1. The first-order chi connectivity index (χ1) is 13.6. The van der Waals surface area contributed by atoms with Crippen molar-refractivity contribution in [2.45, 2.75) is 12.8 Å². The second kappa shape index (κ2) is 8.05. The number of nitriles is 1. The van der Waals surface area contributed by atoms with Crippen LogP contribution in [0.2, 0.25) is 0 Å². The van der Waals surface area contributed by atoms with Crippen LogP contribution in [0.3, 0.4) is 0 Å². The van der Waals surface area contributed by atoms with Gasteiger partial charge in [0.2, 0.25) is 5.75 Å². The van der Waals surface area contributed by atoms with E-state index in [1.54, 1.807) is 12.1 Å². The second-order valence-corrected chi connectivity index (χ2v) is 6.21. The number of hydrogen-bond donors (Lipinski definition) is 1. The molecule has 1 N–H and O–H groups in total. The van der Waals surface area contributed by atoms with Gasteiger partial charge in [-0.2, -0.15) is 5.26 Å². The van der Waals surface area contributed by atoms with Crippen LogP contribution in [0.1, 0.15) is 34.6 Å². The van der Waals surface area contributed by atoms with Gasteiger partial charge >= 0.3 is 0 Å². The molecule has 1 aliphatic carbocycles. The van der Waals surface area contributed by atoms with E-state index in [4.69, 9.17) is 19.0 Å². The van der Waals surface area contributed by atoms with Crippen LogP contribution < -0.4 is 14.2 Å². The molecule has 0 spiro atoms. The molecule has 8 nitrogen and oxygen atoms in total. The highest BCUT2D eigenvalue weighted by molar-refractivity contribution is 6.10. The number of benzene rings is 1. The first-order valence-corrected chi connectivity index (χ1v) is 8.67. The second-order valence-electron chi connectivity index (χ2n) is 6.21. The van der Waals surface area contributed by atoms with E-state index in [0.717, 1.165) is 12.8 Å². The molecule has 0 unspecified atom stereocenters. The first-order valence-electron chi connectivity index (χ1n) is 8.67. The lowest BCUT2D eigenvalue weighted by Gasteiger charge is -2.16. The first kappa shape index (κ1) is 19.3. The number of carbonyl (C=O) groups is 1. The predicted octanol–water partition coefficient (Wildman–Crippen LogP) is 3.15. The molecule has 0 aliphatic heterocycles. The van der Waals surface area contributed by atoms with Crippen molar-refractivity contribution < 1.29 is 23.8 Å². The van der Waals surface area contributed by atoms with Gasteiger partial charge in [0.1, 0.15) is 18.9 Å². The number of carbonyl (C=O) groups excluding carboxylic acids is 1. The summed E-state index contributed by atoms with van der Waals surface area (Å²) in [5.41, 5.74) is 2.08. The van der Waals surface area contributed by atoms with E-state index in [0.29, 0.717) is 39.6 Å². The highest BCUT2D eigenvalue weighted by Crippen LogP contribution is 2.47. The summed E-state index contributed by atoms with van der Waals surface area (Å²) in [6.07, 6.45) is 3.06. The summed E-state index contributed by atoms with van der Waals surface area (Å²) in [4.78, 5) is 20.8. The molecule has 0 bridgehead atoms. The van der Waals surface area contributed by atoms with Crippen LogP contribution in [-0.4, -0.2) is 45.4 Å². The van der Waals surface area contributed by atoms with Crippen LogP contribution in [0.15, 0.2) is 17.3 Å². The van der Waals surface area contributed by atoms with Gasteiger partial charge in [-0.05, 0) is 25.0 Å². The number of aromatic amines is 1. The molecule has 2 aromatic rings. The minimum atomic E-state index is -0.0725. The smallest absolute Gasteiger partial charge is 0.203 e. The van der Waals surface area contributed by atoms with Gasteiger partial charge in [-0.15, -0.1) is 0 Å². The third-order valence-corrected chi connectivity index (χ3v) is 4.60. The molecule has 0 atom stereocenters. The Morgan fingerprint density at radius 1 is 1.18 bits per heavy atom. The Morgan fingerprint density at radius 3 is 2.43 bits per heavy atom. The van der Waals surface area contributed by atoms with Crippen LogP contribution in [0, 0.1) is 17.2 Å². The van der Waals surface area contributed by atoms with Crippen LogP contribution in [-0.2, 0) is 4.84 Å². The van der Waals surface area contributed by atoms with Gasteiger partial charge < -0.3 is 24.0 Å². The fraction of sp³-hybridized carbons (Fsp3) is 0.350. The SMILES string of the molecule is CON=Cc1[nH]c(C#N)c(C(=O)C2CC2)c1-c1ccc(OC)c(OC)c1OC. The van der Waals surface area contributed by atoms with Crippen LogP contribution in [0.5, 0.6) is 17.2 Å². The number of ketones is 1. The van der Waals surface area contributed by atoms with Crippen LogP contribution in [0.25, 0.3) is 11.1 Å². The van der Waals surface area contributed by atoms with E-state index in [-0.39, 0.29) is 17.4 Å². The number of methoxy groups -OCH3 is 3. The van der Waals surface area contributed by atoms with Crippen molar-refractivity contribution in [2.75, 3.05) is 28.4 Å². The third kappa shape index (κ3) is 3.27. The fourth-order valence-electron chi connectivity index (χ4n) is 3.18. The number of nitrogens with zero attached hydrogens (tertiary/aromatic N) is 2. The van der Waals surface area contributed by atoms with Gasteiger partial charge in [-0.25, -0.2) is 0 Å². The molecule has 3 rings (SSSR count). The Kier molecular flexibility index (Phi) is 5.54. The maximum absolute atomic E-state index is 13.0. The summed E-state index contributed by atoms with van der Waals surface area (Å²) in [6, 6.07) is 5.56. The van der Waals surface area contributed by atoms with Crippen molar-refractivity contribution in [2.24, 2.45) is 11.1 Å². The molecule has 1 saturated carbocycles. The summed E-state index contributed by atoms with van der Waals surface area (Å²) in [6.45, 7) is 0. The molecular weight excluding hydrogens is 362 g/mol. The quantitative estimate of drug-likeness (QED) is 0.426. The molecule has 146 valence electrons. The summed E-state index contributed by atoms with van der Waals surface area (Å²) in [7, 11) is 5.95. The van der Waals surface area contributed by atoms with Crippen molar-refractivity contribution in [3.8, 4) is 34.4 Å². The molecule has 1 fully saturated rings. The number of aromatic nitrogens is 1. The summed E-state index contributed by atoms with van der Waals surface area (Å²) in [5.74, 6) is 1.13. The standard InChI is InChI=1S/C20H21N3O5/c1-25-15-8-7-12(19(26-2)20(15)27-3)16-14(10-22-28-4)23-13(9-21)17(16)18(24)11-5-6-11/h7-8,10-11,23H,5-6H2,1-4H3. The number of ether oxygens (including phenoxy) is 3. The van der Waals surface area contributed by atoms with Gasteiger partial charge in [-0.1, -0.05) is 5.16 Å². The van der Waals surface area contributed by atoms with Gasteiger partial charge in [0.05, 0.1) is 38.8 Å². The summed E-state index contributed by atoms with van der Waals surface area (Å²) < 4.78 is 16.4. The topological polar surface area (TPSA) is 106 Å². The maximum Gasteiger partial charge on any atom is 0.203 e. The van der Waals surface area contributed by atoms with Crippen molar-refractivity contribution >= 4 is 12.0 Å². The highest BCUT2D eigenvalue weighted by atomic mass is 16.6. The molecule has 1 aliphatic rings. The third-order valence-electron chi connectivity index (χ3n) is 4.60. The number of Topliss-reactive ketones (excluding diaryl/α,β-unsaturated/α-hetero) is 1. The monoisotopic (exact) mass is 383 g/mol. The molecule has 28 heavy (non-hydrogen) atoms. The number of rotatable bonds is 8. The lowest BCUT2D eigenvalue weighted by Crippen LogP contribution is -2.05. The largest absolute Gasteiger partial charge is 0.493 e. The molecule has 0 saturated heterocycles. The molecule has 0 amide bonds. The Bertz CT molecular complexity index is 967. The van der Waals surface area contributed by atoms with E-state index < -0.39 is 0 Å². The van der Waals surface area contributed by atoms with Crippen molar-refractivity contribution in [3.05, 3.63) is 29.1 Å². The molecule has 8 heteroatoms. The molecule has 1 heterocycles. The van der Waals surface area contributed by atoms with Gasteiger partial charge in [-0.3, -0.25) is 4.79 Å². The zero-order valence-corrected chi connectivity index (χ0v) is 16.2. The van der Waals surface area contributed by atoms with E-state index in [1.807, 2.05) is 0 Å². The summed E-state index contributed by atoms with van der Waals surface area (Å²) >= 11 is 0. The molecule has 0 radical (unpaired) electrons. The van der Waals surface area contributed by atoms with E-state index in [9.17, 15) is 10.1 Å². The Hall–Kier alpha value is -3.47. The Balaban J connectivity index is 2.34. The molecule has 1 aromatic carbocycles. The fourth-order valence-corrected chi connectivity index (χ4v) is 3.18. The van der Waals surface area contributed by atoms with E-state index >= 15 is 0 Å². The molecular formula is C20H21N3O5. The minimum Gasteiger partial charge on any atom is -0.493 e. The lowest BCUT2D eigenvalue weighted by atomic mass is 9.94. The van der Waals surface area contributed by atoms with Gasteiger partial charge in [0, 0.05) is 17.0 Å². The van der Waals surface area contributed by atoms with Gasteiger partial charge in [0.25, 0.3) is 0 Å². The van der Waals surface area contributed by atoms with E-state index in [1.165, 1.54) is 34.7 Å².